The zero-order chi connectivity index (χ0) is 19.5. The summed E-state index contributed by atoms with van der Waals surface area (Å²) in [5, 5.41) is 7.75. The van der Waals surface area contributed by atoms with Gasteiger partial charge in [-0.2, -0.15) is 0 Å². The molecule has 11 heteroatoms. The lowest BCUT2D eigenvalue weighted by atomic mass is 10.4. The highest BCUT2D eigenvalue weighted by molar-refractivity contribution is 7.90. The first-order valence-corrected chi connectivity index (χ1v) is 11.1. The number of sulfone groups is 1. The fourth-order valence-corrected chi connectivity index (χ4v) is 4.43. The Hall–Kier alpha value is -2.27. The van der Waals surface area contributed by atoms with Gasteiger partial charge < -0.3 is 4.42 Å². The fraction of sp³-hybridized carbons (Fsp3) is 0.125. The zero-order valence-corrected chi connectivity index (χ0v) is 16.1. The lowest BCUT2D eigenvalue weighted by Gasteiger charge is -2.04. The third-order valence-electron chi connectivity index (χ3n) is 3.46. The van der Waals surface area contributed by atoms with E-state index in [2.05, 4.69) is 14.9 Å². The molecule has 0 atom stereocenters. The van der Waals surface area contributed by atoms with Crippen LogP contribution in [0.25, 0.3) is 0 Å². The topological polar surface area (TPSA) is 119 Å². The van der Waals surface area contributed by atoms with E-state index in [1.807, 2.05) is 0 Å². The van der Waals surface area contributed by atoms with Crippen LogP contribution in [0.15, 0.2) is 68.8 Å². The van der Waals surface area contributed by atoms with Crippen LogP contribution in [-0.4, -0.2) is 27.0 Å². The van der Waals surface area contributed by atoms with Gasteiger partial charge in [0.25, 0.3) is 0 Å². The third-order valence-corrected chi connectivity index (χ3v) is 6.75. The van der Waals surface area contributed by atoms with Crippen molar-refractivity contribution >= 4 is 31.5 Å². The van der Waals surface area contributed by atoms with E-state index >= 15 is 0 Å². The summed E-state index contributed by atoms with van der Waals surface area (Å²) in [6, 6.07) is 13.5. The van der Waals surface area contributed by atoms with Crippen LogP contribution < -0.4 is 4.72 Å². The van der Waals surface area contributed by atoms with Gasteiger partial charge in [-0.1, -0.05) is 29.8 Å². The number of hydrogen-bond acceptors (Lipinski definition) is 7. The molecule has 0 amide bonds. The van der Waals surface area contributed by atoms with Gasteiger partial charge in [-0.15, -0.1) is 10.2 Å². The number of hydrogen-bond donors (Lipinski definition) is 1. The smallest absolute Gasteiger partial charge is 0.241 e. The van der Waals surface area contributed by atoms with Crippen molar-refractivity contribution in [3.8, 4) is 0 Å². The summed E-state index contributed by atoms with van der Waals surface area (Å²) < 4.78 is 56.5. The molecule has 8 nitrogen and oxygen atoms in total. The van der Waals surface area contributed by atoms with E-state index in [1.54, 1.807) is 18.2 Å². The second-order valence-corrected chi connectivity index (χ2v) is 9.63. The van der Waals surface area contributed by atoms with Crippen molar-refractivity contribution in [1.82, 2.24) is 14.9 Å². The van der Waals surface area contributed by atoms with Crippen molar-refractivity contribution < 1.29 is 21.3 Å². The van der Waals surface area contributed by atoms with E-state index < -0.39 is 25.6 Å². The Labute approximate surface area is 161 Å². The molecule has 27 heavy (non-hydrogen) atoms. The highest BCUT2D eigenvalue weighted by atomic mass is 35.5. The van der Waals surface area contributed by atoms with Crippen LogP contribution in [0.5, 0.6) is 0 Å². The van der Waals surface area contributed by atoms with Crippen molar-refractivity contribution in [2.45, 2.75) is 22.1 Å². The van der Waals surface area contributed by atoms with Crippen LogP contribution in [0, 0.1) is 0 Å². The fourth-order valence-electron chi connectivity index (χ4n) is 2.15. The predicted octanol–water partition coefficient (Wildman–Crippen LogP) is 2.18. The van der Waals surface area contributed by atoms with Crippen LogP contribution >= 0.6 is 11.6 Å². The molecule has 1 heterocycles. The molecule has 1 N–H and O–H groups in total. The van der Waals surface area contributed by atoms with Crippen molar-refractivity contribution in [2.24, 2.45) is 0 Å². The second-order valence-electron chi connectivity index (χ2n) is 5.44. The van der Waals surface area contributed by atoms with Crippen LogP contribution in [0.1, 0.15) is 11.8 Å². The number of benzene rings is 2. The van der Waals surface area contributed by atoms with Crippen molar-refractivity contribution in [3.05, 3.63) is 71.4 Å². The summed E-state index contributed by atoms with van der Waals surface area (Å²) in [7, 11) is -7.44. The maximum Gasteiger partial charge on any atom is 0.241 e. The number of sulfonamides is 1. The molecular weight excluding hydrogens is 414 g/mol. The molecule has 0 bridgehead atoms. The molecular formula is C16H14ClN3O5S2. The Morgan fingerprint density at radius 2 is 1.48 bits per heavy atom. The minimum atomic E-state index is -3.80. The largest absolute Gasteiger partial charge is 0.423 e. The van der Waals surface area contributed by atoms with Crippen LogP contribution in [0.3, 0.4) is 0 Å². The minimum Gasteiger partial charge on any atom is -0.423 e. The summed E-state index contributed by atoms with van der Waals surface area (Å²) in [5.74, 6) is -0.654. The summed E-state index contributed by atoms with van der Waals surface area (Å²) in [4.78, 5) is 0.159. The van der Waals surface area contributed by atoms with Crippen molar-refractivity contribution in [3.63, 3.8) is 0 Å². The van der Waals surface area contributed by atoms with Gasteiger partial charge in [0, 0.05) is 5.02 Å². The van der Waals surface area contributed by atoms with Gasteiger partial charge in [-0.05, 0) is 36.4 Å². The van der Waals surface area contributed by atoms with Gasteiger partial charge in [0.15, 0.2) is 9.84 Å². The van der Waals surface area contributed by atoms with Gasteiger partial charge in [0.05, 0.1) is 16.3 Å². The van der Waals surface area contributed by atoms with E-state index in [1.165, 1.54) is 36.4 Å². The molecule has 142 valence electrons. The number of nitrogens with zero attached hydrogens (tertiary/aromatic N) is 2. The molecule has 0 unspecified atom stereocenters. The average molecular weight is 428 g/mol. The minimum absolute atomic E-state index is 0.0262. The van der Waals surface area contributed by atoms with Gasteiger partial charge in [0.2, 0.25) is 21.8 Å². The van der Waals surface area contributed by atoms with E-state index in [4.69, 9.17) is 16.0 Å². The Kier molecular flexibility index (Phi) is 5.61. The molecule has 0 aliphatic rings. The first kappa shape index (κ1) is 19.5. The molecule has 0 saturated carbocycles. The molecule has 3 aromatic rings. The third kappa shape index (κ3) is 4.92. The maximum absolute atomic E-state index is 12.3. The Morgan fingerprint density at radius 1 is 0.852 bits per heavy atom. The molecule has 0 aliphatic carbocycles. The molecule has 0 spiro atoms. The molecule has 0 aliphatic heterocycles. The van der Waals surface area contributed by atoms with Crippen molar-refractivity contribution in [1.29, 1.82) is 0 Å². The van der Waals surface area contributed by atoms with Crippen LogP contribution in [-0.2, 0) is 32.2 Å². The summed E-state index contributed by atoms with van der Waals surface area (Å²) >= 11 is 5.74. The Morgan fingerprint density at radius 3 is 2.15 bits per heavy atom. The lowest BCUT2D eigenvalue weighted by molar-refractivity contribution is 0.454. The molecule has 1 aromatic heterocycles. The SMILES string of the molecule is O=S(=O)(Cc1nnc(CNS(=O)(=O)c2ccc(Cl)cc2)o1)c1ccccc1. The first-order valence-electron chi connectivity index (χ1n) is 7.60. The van der Waals surface area contributed by atoms with E-state index in [0.717, 1.165) is 0 Å². The van der Waals surface area contributed by atoms with Gasteiger partial charge in [-0.25, -0.2) is 21.6 Å². The van der Waals surface area contributed by atoms with Gasteiger partial charge in [0.1, 0.15) is 5.75 Å². The highest BCUT2D eigenvalue weighted by Gasteiger charge is 2.20. The Balaban J connectivity index is 1.67. The standard InChI is InChI=1S/C16H14ClN3O5S2/c17-12-6-8-14(9-7-12)27(23,24)18-10-15-19-20-16(25-15)11-26(21,22)13-4-2-1-3-5-13/h1-9,18H,10-11H2. The maximum atomic E-state index is 12.3. The van der Waals surface area contributed by atoms with Gasteiger partial charge >= 0.3 is 0 Å². The first-order chi connectivity index (χ1) is 12.8. The normalized spacial score (nSPS) is 12.2. The summed E-state index contributed by atoms with van der Waals surface area (Å²) in [5.41, 5.74) is 0. The second kappa shape index (κ2) is 7.77. The number of aromatic nitrogens is 2. The lowest BCUT2D eigenvalue weighted by Crippen LogP contribution is -2.23. The average Bonchev–Trinajstić information content (AvgIpc) is 3.08. The van der Waals surface area contributed by atoms with E-state index in [0.29, 0.717) is 5.02 Å². The summed E-state index contributed by atoms with van der Waals surface area (Å²) in [6.07, 6.45) is 0. The summed E-state index contributed by atoms with van der Waals surface area (Å²) in [6.45, 7) is -0.274. The molecule has 3 rings (SSSR count). The Bertz CT molecular complexity index is 1130. The van der Waals surface area contributed by atoms with Crippen LogP contribution in [0.2, 0.25) is 5.02 Å². The monoisotopic (exact) mass is 427 g/mol. The molecule has 0 saturated heterocycles. The predicted molar refractivity (Wildman–Crippen MR) is 97.1 cm³/mol. The van der Waals surface area contributed by atoms with E-state index in [-0.39, 0.29) is 28.1 Å². The number of rotatable bonds is 7. The molecule has 0 fully saturated rings. The molecule has 0 radical (unpaired) electrons. The van der Waals surface area contributed by atoms with Gasteiger partial charge in [-0.3, -0.25) is 0 Å². The molecule has 2 aromatic carbocycles. The number of halogens is 1. The quantitative estimate of drug-likeness (QED) is 0.613. The van der Waals surface area contributed by atoms with Crippen molar-refractivity contribution in [2.75, 3.05) is 0 Å². The number of nitrogens with one attached hydrogen (secondary N) is 1. The highest BCUT2D eigenvalue weighted by Crippen LogP contribution is 2.16. The van der Waals surface area contributed by atoms with Crippen LogP contribution in [0.4, 0.5) is 0 Å². The van der Waals surface area contributed by atoms with E-state index in [9.17, 15) is 16.8 Å². The zero-order valence-electron chi connectivity index (χ0n) is 13.7.